The highest BCUT2D eigenvalue weighted by molar-refractivity contribution is 5.41. The molecule has 1 aliphatic heterocycles. The third kappa shape index (κ3) is 2.60. The summed E-state index contributed by atoms with van der Waals surface area (Å²) in [5.41, 5.74) is 6.94. The lowest BCUT2D eigenvalue weighted by Crippen LogP contribution is -2.42. The minimum absolute atomic E-state index is 0.0641. The maximum Gasteiger partial charge on any atom is 0.128 e. The minimum Gasteiger partial charge on any atom is -0.354 e. The Hall–Kier alpha value is -1.09. The zero-order valence-electron chi connectivity index (χ0n) is 11.1. The van der Waals surface area contributed by atoms with Gasteiger partial charge in [-0.05, 0) is 44.2 Å². The number of aromatic nitrogens is 1. The van der Waals surface area contributed by atoms with Crippen molar-refractivity contribution in [2.24, 2.45) is 11.7 Å². The van der Waals surface area contributed by atoms with Gasteiger partial charge in [0.1, 0.15) is 5.82 Å². The number of anilines is 1. The van der Waals surface area contributed by atoms with E-state index < -0.39 is 0 Å². The molecule has 0 amide bonds. The van der Waals surface area contributed by atoms with Gasteiger partial charge in [-0.25, -0.2) is 4.98 Å². The van der Waals surface area contributed by atoms with Crippen molar-refractivity contribution in [1.82, 2.24) is 4.98 Å². The van der Waals surface area contributed by atoms with Gasteiger partial charge in [-0.1, -0.05) is 13.0 Å². The van der Waals surface area contributed by atoms with Crippen LogP contribution in [-0.4, -0.2) is 17.6 Å². The van der Waals surface area contributed by atoms with Crippen molar-refractivity contribution in [3.63, 3.8) is 0 Å². The van der Waals surface area contributed by atoms with Gasteiger partial charge in [-0.15, -0.1) is 0 Å². The number of rotatable bonds is 2. The molecule has 1 fully saturated rings. The average molecular weight is 233 g/mol. The molecular formula is C14H23N3. The Morgan fingerprint density at radius 1 is 1.41 bits per heavy atom. The Kier molecular flexibility index (Phi) is 3.67. The van der Waals surface area contributed by atoms with Crippen LogP contribution in [0.1, 0.15) is 45.2 Å². The zero-order valence-corrected chi connectivity index (χ0v) is 11.1. The molecule has 0 aromatic carbocycles. The Bertz CT molecular complexity index is 358. The number of nitrogens with two attached hydrogens (primary N) is 1. The van der Waals surface area contributed by atoms with Crippen LogP contribution >= 0.6 is 0 Å². The van der Waals surface area contributed by atoms with Gasteiger partial charge in [0.05, 0.1) is 0 Å². The first kappa shape index (κ1) is 12.4. The third-order valence-electron chi connectivity index (χ3n) is 3.96. The monoisotopic (exact) mass is 233 g/mol. The third-order valence-corrected chi connectivity index (χ3v) is 3.96. The molecular weight excluding hydrogens is 210 g/mol. The van der Waals surface area contributed by atoms with E-state index in [-0.39, 0.29) is 6.04 Å². The first-order valence-corrected chi connectivity index (χ1v) is 6.57. The first-order chi connectivity index (χ1) is 8.09. The van der Waals surface area contributed by atoms with Crippen LogP contribution in [0.5, 0.6) is 0 Å². The molecule has 2 N–H and O–H groups in total. The molecule has 3 heteroatoms. The fourth-order valence-corrected chi connectivity index (χ4v) is 2.50. The Labute approximate surface area is 104 Å². The lowest BCUT2D eigenvalue weighted by molar-refractivity contribution is 0.361. The van der Waals surface area contributed by atoms with Crippen LogP contribution in [0.4, 0.5) is 5.82 Å². The molecule has 1 aliphatic rings. The van der Waals surface area contributed by atoms with Gasteiger partial charge in [0.15, 0.2) is 0 Å². The topological polar surface area (TPSA) is 42.1 Å². The quantitative estimate of drug-likeness (QED) is 0.854. The van der Waals surface area contributed by atoms with E-state index in [1.807, 2.05) is 13.1 Å². The van der Waals surface area contributed by atoms with Crippen LogP contribution in [0.25, 0.3) is 0 Å². The summed E-state index contributed by atoms with van der Waals surface area (Å²) in [6, 6.07) is 4.85. The average Bonchev–Trinajstić information content (AvgIpc) is 2.33. The highest BCUT2D eigenvalue weighted by Crippen LogP contribution is 2.27. The number of hydrogen-bond acceptors (Lipinski definition) is 3. The summed E-state index contributed by atoms with van der Waals surface area (Å²) in [4.78, 5) is 6.97. The van der Waals surface area contributed by atoms with Gasteiger partial charge < -0.3 is 10.6 Å². The SMILES string of the molecule is CC1CCCN(c2ccc([C@H](C)N)cn2)C1C. The molecule has 2 heterocycles. The molecule has 3 nitrogen and oxygen atoms in total. The highest BCUT2D eigenvalue weighted by atomic mass is 15.2. The fraction of sp³-hybridized carbons (Fsp3) is 0.643. The molecule has 2 rings (SSSR count). The van der Waals surface area contributed by atoms with E-state index in [1.165, 1.54) is 12.8 Å². The lowest BCUT2D eigenvalue weighted by atomic mass is 9.92. The van der Waals surface area contributed by atoms with Crippen LogP contribution in [0.3, 0.4) is 0 Å². The van der Waals surface area contributed by atoms with E-state index in [0.29, 0.717) is 6.04 Å². The van der Waals surface area contributed by atoms with Crippen molar-refractivity contribution in [2.75, 3.05) is 11.4 Å². The fourth-order valence-electron chi connectivity index (χ4n) is 2.50. The Balaban J connectivity index is 2.16. The normalized spacial score (nSPS) is 26.9. The van der Waals surface area contributed by atoms with Crippen LogP contribution in [0.15, 0.2) is 18.3 Å². The minimum atomic E-state index is 0.0641. The van der Waals surface area contributed by atoms with Gasteiger partial charge in [0.25, 0.3) is 0 Å². The molecule has 1 aromatic rings. The summed E-state index contributed by atoms with van der Waals surface area (Å²) in [6.07, 6.45) is 4.50. The Morgan fingerprint density at radius 2 is 2.18 bits per heavy atom. The van der Waals surface area contributed by atoms with E-state index in [4.69, 9.17) is 5.73 Å². The van der Waals surface area contributed by atoms with Crippen molar-refractivity contribution < 1.29 is 0 Å². The van der Waals surface area contributed by atoms with E-state index in [0.717, 1.165) is 23.8 Å². The zero-order chi connectivity index (χ0) is 12.4. The van der Waals surface area contributed by atoms with Gasteiger partial charge >= 0.3 is 0 Å². The molecule has 0 radical (unpaired) electrons. The van der Waals surface area contributed by atoms with Crippen molar-refractivity contribution in [3.05, 3.63) is 23.9 Å². The highest BCUT2D eigenvalue weighted by Gasteiger charge is 2.25. The van der Waals surface area contributed by atoms with Crippen molar-refractivity contribution in [1.29, 1.82) is 0 Å². The molecule has 17 heavy (non-hydrogen) atoms. The smallest absolute Gasteiger partial charge is 0.128 e. The predicted octanol–water partition coefficient (Wildman–Crippen LogP) is 2.73. The second-order valence-electron chi connectivity index (χ2n) is 5.29. The Morgan fingerprint density at radius 3 is 2.76 bits per heavy atom. The van der Waals surface area contributed by atoms with Crippen LogP contribution in [-0.2, 0) is 0 Å². The molecule has 0 saturated carbocycles. The second-order valence-corrected chi connectivity index (χ2v) is 5.29. The van der Waals surface area contributed by atoms with Crippen molar-refractivity contribution in [3.8, 4) is 0 Å². The van der Waals surface area contributed by atoms with Gasteiger partial charge in [0, 0.05) is 24.8 Å². The summed E-state index contributed by atoms with van der Waals surface area (Å²) in [5, 5.41) is 0. The summed E-state index contributed by atoms with van der Waals surface area (Å²) in [7, 11) is 0. The molecule has 0 bridgehead atoms. The standard InChI is InChI=1S/C14H23N3/c1-10-5-4-8-17(12(10)3)14-7-6-13(9-16-14)11(2)15/h6-7,9-12H,4-5,8,15H2,1-3H3/t10?,11-,12?/m0/s1. The first-order valence-electron chi connectivity index (χ1n) is 6.57. The van der Waals surface area contributed by atoms with Crippen LogP contribution < -0.4 is 10.6 Å². The molecule has 1 saturated heterocycles. The van der Waals surface area contributed by atoms with Crippen LogP contribution in [0.2, 0.25) is 0 Å². The maximum atomic E-state index is 5.84. The summed E-state index contributed by atoms with van der Waals surface area (Å²) >= 11 is 0. The van der Waals surface area contributed by atoms with Gasteiger partial charge in [-0.3, -0.25) is 0 Å². The molecule has 3 atom stereocenters. The maximum absolute atomic E-state index is 5.84. The molecule has 1 aromatic heterocycles. The van der Waals surface area contributed by atoms with E-state index in [2.05, 4.69) is 35.9 Å². The molecule has 0 aliphatic carbocycles. The number of nitrogens with zero attached hydrogens (tertiary/aromatic N) is 2. The van der Waals surface area contributed by atoms with Crippen molar-refractivity contribution in [2.45, 2.75) is 45.7 Å². The van der Waals surface area contributed by atoms with Gasteiger partial charge in [0.2, 0.25) is 0 Å². The van der Waals surface area contributed by atoms with E-state index in [1.54, 1.807) is 0 Å². The lowest BCUT2D eigenvalue weighted by Gasteiger charge is -2.38. The molecule has 0 spiro atoms. The van der Waals surface area contributed by atoms with Gasteiger partial charge in [-0.2, -0.15) is 0 Å². The molecule has 94 valence electrons. The van der Waals surface area contributed by atoms with Crippen molar-refractivity contribution >= 4 is 5.82 Å². The van der Waals surface area contributed by atoms with Crippen LogP contribution in [0, 0.1) is 5.92 Å². The summed E-state index contributed by atoms with van der Waals surface area (Å²) in [5.74, 6) is 1.84. The second kappa shape index (κ2) is 5.05. The van der Waals surface area contributed by atoms with E-state index in [9.17, 15) is 0 Å². The number of pyridine rings is 1. The number of piperidine rings is 1. The summed E-state index contributed by atoms with van der Waals surface area (Å²) < 4.78 is 0. The predicted molar refractivity (Wildman–Crippen MR) is 72.0 cm³/mol. The molecule has 2 unspecified atom stereocenters. The largest absolute Gasteiger partial charge is 0.354 e. The summed E-state index contributed by atoms with van der Waals surface area (Å²) in [6.45, 7) is 7.73. The number of hydrogen-bond donors (Lipinski definition) is 1. The van der Waals surface area contributed by atoms with E-state index >= 15 is 0 Å².